The molecule has 7 heteroatoms. The molecule has 0 radical (unpaired) electrons. The molecule has 132 valence electrons. The minimum absolute atomic E-state index is 0.0132. The molecule has 0 aliphatic carbocycles. The number of ether oxygens (including phenoxy) is 1. The minimum Gasteiger partial charge on any atom is -0.488 e. The Balaban J connectivity index is 1.82. The number of hydrogen-bond acceptors (Lipinski definition) is 4. The summed E-state index contributed by atoms with van der Waals surface area (Å²) in [7, 11) is -4.09. The summed E-state index contributed by atoms with van der Waals surface area (Å²) in [6, 6.07) is 7.07. The molecule has 1 fully saturated rings. The quantitative estimate of drug-likeness (QED) is 0.832. The zero-order valence-electron chi connectivity index (χ0n) is 13.6. The predicted octanol–water partition coefficient (Wildman–Crippen LogP) is 2.81. The number of rotatable bonds is 2. The van der Waals surface area contributed by atoms with Gasteiger partial charge in [-0.05, 0) is 43.3 Å². The van der Waals surface area contributed by atoms with E-state index in [9.17, 15) is 17.2 Å². The minimum atomic E-state index is -4.09. The van der Waals surface area contributed by atoms with Crippen LogP contribution < -0.4 is 10.1 Å². The molecule has 2 atom stereocenters. The molecule has 2 aliphatic heterocycles. The van der Waals surface area contributed by atoms with Crippen molar-refractivity contribution in [1.82, 2.24) is 5.32 Å². The highest BCUT2D eigenvalue weighted by Gasteiger charge is 2.47. The fourth-order valence-corrected chi connectivity index (χ4v) is 4.98. The lowest BCUT2D eigenvalue weighted by molar-refractivity contribution is 0.124. The van der Waals surface area contributed by atoms with Gasteiger partial charge in [0, 0.05) is 23.6 Å². The normalized spacial score (nSPS) is 25.2. The third-order valence-corrected chi connectivity index (χ3v) is 6.98. The molecule has 0 aromatic heterocycles. The Hall–Kier alpha value is -1.99. The van der Waals surface area contributed by atoms with Crippen LogP contribution in [0.5, 0.6) is 5.75 Å². The maximum atomic E-state index is 14.0. The molecule has 0 spiro atoms. The van der Waals surface area contributed by atoms with Crippen molar-refractivity contribution in [3.8, 4) is 5.75 Å². The van der Waals surface area contributed by atoms with Gasteiger partial charge in [-0.1, -0.05) is 6.92 Å². The highest BCUT2D eigenvalue weighted by atomic mass is 32.2. The zero-order valence-corrected chi connectivity index (χ0v) is 14.4. The van der Waals surface area contributed by atoms with Crippen LogP contribution in [0.2, 0.25) is 0 Å². The Morgan fingerprint density at radius 2 is 2.00 bits per heavy atom. The van der Waals surface area contributed by atoms with Crippen LogP contribution in [0, 0.1) is 11.6 Å². The molecule has 2 heterocycles. The summed E-state index contributed by atoms with van der Waals surface area (Å²) in [5, 5.41) is 3.27. The third-order valence-electron chi connectivity index (χ3n) is 5.19. The lowest BCUT2D eigenvalue weighted by Gasteiger charge is -2.35. The molecule has 0 bridgehead atoms. The van der Waals surface area contributed by atoms with E-state index >= 15 is 0 Å². The molecule has 1 saturated heterocycles. The van der Waals surface area contributed by atoms with Gasteiger partial charge in [0.1, 0.15) is 28.4 Å². The maximum absolute atomic E-state index is 14.0. The second-order valence-electron chi connectivity index (χ2n) is 6.71. The molecule has 0 amide bonds. The van der Waals surface area contributed by atoms with E-state index in [1.807, 2.05) is 0 Å². The molecular formula is C18H17F2NO3S. The molecule has 2 aliphatic rings. The van der Waals surface area contributed by atoms with E-state index in [0.29, 0.717) is 18.4 Å². The van der Waals surface area contributed by atoms with Gasteiger partial charge >= 0.3 is 0 Å². The van der Waals surface area contributed by atoms with Crippen LogP contribution in [-0.4, -0.2) is 27.6 Å². The van der Waals surface area contributed by atoms with E-state index in [-0.39, 0.29) is 16.4 Å². The van der Waals surface area contributed by atoms with Crippen molar-refractivity contribution < 1.29 is 21.9 Å². The van der Waals surface area contributed by atoms with E-state index in [1.165, 1.54) is 6.07 Å². The van der Waals surface area contributed by atoms with Gasteiger partial charge < -0.3 is 10.1 Å². The molecule has 2 aromatic rings. The first-order valence-electron chi connectivity index (χ1n) is 8.04. The van der Waals surface area contributed by atoms with Crippen molar-refractivity contribution in [2.75, 3.05) is 13.1 Å². The van der Waals surface area contributed by atoms with Crippen molar-refractivity contribution in [3.63, 3.8) is 0 Å². The van der Waals surface area contributed by atoms with Gasteiger partial charge in [0.25, 0.3) is 0 Å². The number of sulfone groups is 1. The molecular weight excluding hydrogens is 348 g/mol. The third kappa shape index (κ3) is 2.45. The summed E-state index contributed by atoms with van der Waals surface area (Å²) in [5.41, 5.74) is 0.538. The van der Waals surface area contributed by atoms with E-state index in [0.717, 1.165) is 30.7 Å². The van der Waals surface area contributed by atoms with Crippen molar-refractivity contribution >= 4 is 9.84 Å². The molecule has 2 aromatic carbocycles. The summed E-state index contributed by atoms with van der Waals surface area (Å²) in [4.78, 5) is -0.541. The van der Waals surface area contributed by atoms with Crippen LogP contribution in [0.15, 0.2) is 46.2 Å². The average Bonchev–Trinajstić information content (AvgIpc) is 2.86. The predicted molar refractivity (Wildman–Crippen MR) is 87.5 cm³/mol. The Morgan fingerprint density at radius 1 is 1.20 bits per heavy atom. The first kappa shape index (κ1) is 16.5. The average molecular weight is 365 g/mol. The Bertz CT molecular complexity index is 961. The zero-order chi connectivity index (χ0) is 17.8. The first-order chi connectivity index (χ1) is 11.8. The summed E-state index contributed by atoms with van der Waals surface area (Å²) >= 11 is 0. The molecule has 0 saturated carbocycles. The summed E-state index contributed by atoms with van der Waals surface area (Å²) in [6.07, 6.45) is 0.760. The fraction of sp³-hybridized carbons (Fsp3) is 0.333. The summed E-state index contributed by atoms with van der Waals surface area (Å²) in [6.45, 7) is 3.57. The van der Waals surface area contributed by atoms with E-state index in [4.69, 9.17) is 4.74 Å². The van der Waals surface area contributed by atoms with Crippen LogP contribution in [0.4, 0.5) is 8.78 Å². The van der Waals surface area contributed by atoms with Gasteiger partial charge in [-0.25, -0.2) is 17.2 Å². The van der Waals surface area contributed by atoms with Gasteiger partial charge in [-0.15, -0.1) is 0 Å². The SMILES string of the molecule is CC12CCNCC1Oc1ccc(S(=O)(=O)c3ccc(F)cc3F)cc12. The lowest BCUT2D eigenvalue weighted by Crippen LogP contribution is -2.49. The number of piperidine rings is 1. The van der Waals surface area contributed by atoms with Gasteiger partial charge in [0.2, 0.25) is 9.84 Å². The van der Waals surface area contributed by atoms with Crippen LogP contribution in [0.25, 0.3) is 0 Å². The summed E-state index contributed by atoms with van der Waals surface area (Å²) < 4.78 is 58.7. The largest absolute Gasteiger partial charge is 0.488 e. The highest BCUT2D eigenvalue weighted by Crippen LogP contribution is 2.47. The highest BCUT2D eigenvalue weighted by molar-refractivity contribution is 7.91. The fourth-order valence-electron chi connectivity index (χ4n) is 3.65. The van der Waals surface area contributed by atoms with Crippen molar-refractivity contribution in [3.05, 3.63) is 53.6 Å². The van der Waals surface area contributed by atoms with Crippen LogP contribution >= 0.6 is 0 Å². The number of hydrogen-bond donors (Lipinski definition) is 1. The number of halogens is 2. The van der Waals surface area contributed by atoms with E-state index in [2.05, 4.69) is 12.2 Å². The van der Waals surface area contributed by atoms with E-state index < -0.39 is 26.4 Å². The second-order valence-corrected chi connectivity index (χ2v) is 8.63. The van der Waals surface area contributed by atoms with Crippen molar-refractivity contribution in [1.29, 1.82) is 0 Å². The van der Waals surface area contributed by atoms with Crippen molar-refractivity contribution in [2.45, 2.75) is 34.7 Å². The molecule has 4 rings (SSSR count). The lowest BCUT2D eigenvalue weighted by atomic mass is 9.74. The van der Waals surface area contributed by atoms with Gasteiger partial charge in [0.15, 0.2) is 0 Å². The van der Waals surface area contributed by atoms with Gasteiger partial charge in [-0.3, -0.25) is 0 Å². The first-order valence-corrected chi connectivity index (χ1v) is 9.53. The molecule has 25 heavy (non-hydrogen) atoms. The van der Waals surface area contributed by atoms with Crippen LogP contribution in [0.1, 0.15) is 18.9 Å². The van der Waals surface area contributed by atoms with Crippen molar-refractivity contribution in [2.24, 2.45) is 0 Å². The topological polar surface area (TPSA) is 55.4 Å². The smallest absolute Gasteiger partial charge is 0.209 e. The monoisotopic (exact) mass is 365 g/mol. The van der Waals surface area contributed by atoms with Crippen LogP contribution in [-0.2, 0) is 15.3 Å². The van der Waals surface area contributed by atoms with Gasteiger partial charge in [-0.2, -0.15) is 0 Å². The summed E-state index contributed by atoms with van der Waals surface area (Å²) in [5.74, 6) is -1.25. The second kappa shape index (κ2) is 5.51. The molecule has 2 unspecified atom stereocenters. The van der Waals surface area contributed by atoms with Gasteiger partial charge in [0.05, 0.1) is 4.90 Å². The standard InChI is InChI=1S/C18H17F2NO3S/c1-18-6-7-21-10-17(18)24-15-4-3-12(9-13(15)18)25(22,23)16-5-2-11(19)8-14(16)20/h2-5,8-9,17,21H,6-7,10H2,1H3. The van der Waals surface area contributed by atoms with E-state index in [1.54, 1.807) is 12.1 Å². The number of benzene rings is 2. The number of fused-ring (bicyclic) bond motifs is 3. The van der Waals surface area contributed by atoms with Crippen LogP contribution in [0.3, 0.4) is 0 Å². The molecule has 4 nitrogen and oxygen atoms in total. The Morgan fingerprint density at radius 3 is 2.76 bits per heavy atom. The molecule has 1 N–H and O–H groups in total. The number of nitrogens with one attached hydrogen (secondary N) is 1. The Labute approximate surface area is 144 Å². The Kier molecular flexibility index (Phi) is 3.63. The maximum Gasteiger partial charge on any atom is 0.209 e.